The molecule has 0 radical (unpaired) electrons. The zero-order chi connectivity index (χ0) is 21.7. The number of rotatable bonds is 3. The first-order valence-electron chi connectivity index (χ1n) is 9.07. The van der Waals surface area contributed by atoms with Gasteiger partial charge in [-0.1, -0.05) is 29.8 Å². The third-order valence-corrected chi connectivity index (χ3v) is 6.20. The van der Waals surface area contributed by atoms with Crippen molar-refractivity contribution in [2.24, 2.45) is 7.05 Å². The van der Waals surface area contributed by atoms with Crippen molar-refractivity contribution in [3.05, 3.63) is 61.1 Å². The topological polar surface area (TPSA) is 117 Å². The van der Waals surface area contributed by atoms with Gasteiger partial charge in [0, 0.05) is 17.5 Å². The van der Waals surface area contributed by atoms with Gasteiger partial charge in [-0.3, -0.25) is 14.3 Å². The number of thiophene rings is 1. The van der Waals surface area contributed by atoms with Gasteiger partial charge in [-0.05, 0) is 19.4 Å². The smallest absolute Gasteiger partial charge is 0.342 e. The van der Waals surface area contributed by atoms with Crippen LogP contribution in [-0.2, 0) is 11.8 Å². The molecule has 3 heterocycles. The van der Waals surface area contributed by atoms with Crippen LogP contribution in [-0.4, -0.2) is 32.7 Å². The molecule has 0 bridgehead atoms. The van der Waals surface area contributed by atoms with Gasteiger partial charge in [-0.2, -0.15) is 0 Å². The maximum absolute atomic E-state index is 12.8. The summed E-state index contributed by atoms with van der Waals surface area (Å²) in [4.78, 5) is 43.4. The van der Waals surface area contributed by atoms with E-state index in [1.165, 1.54) is 23.0 Å². The van der Waals surface area contributed by atoms with Gasteiger partial charge in [0.2, 0.25) is 0 Å². The van der Waals surface area contributed by atoms with Gasteiger partial charge < -0.3 is 14.8 Å². The molecule has 0 saturated carbocycles. The summed E-state index contributed by atoms with van der Waals surface area (Å²) in [5, 5.41) is 11.1. The second kappa shape index (κ2) is 7.03. The van der Waals surface area contributed by atoms with E-state index in [1.807, 2.05) is 31.2 Å². The SMILES string of the molecule is COC(=O)c1c(C)sc(-c2c(-c3ccc(C)cc3)[nH]c3c2c(=O)[nH]c(=O)n3C)c1O. The van der Waals surface area contributed by atoms with Crippen LogP contribution in [0.25, 0.3) is 32.7 Å². The van der Waals surface area contributed by atoms with Crippen LogP contribution in [0.4, 0.5) is 0 Å². The summed E-state index contributed by atoms with van der Waals surface area (Å²) in [7, 11) is 2.78. The molecular weight excluding hydrogens is 406 g/mol. The largest absolute Gasteiger partial charge is 0.505 e. The number of carbonyl (C=O) groups excluding carboxylic acids is 1. The molecule has 0 saturated heterocycles. The predicted octanol–water partition coefficient (Wildman–Crippen LogP) is 3.06. The molecule has 4 aromatic rings. The maximum atomic E-state index is 12.8. The highest BCUT2D eigenvalue weighted by molar-refractivity contribution is 7.16. The van der Waals surface area contributed by atoms with Gasteiger partial charge in [0.05, 0.1) is 23.1 Å². The Morgan fingerprint density at radius 3 is 2.43 bits per heavy atom. The van der Waals surface area contributed by atoms with E-state index in [9.17, 15) is 19.5 Å². The third-order valence-electron chi connectivity index (χ3n) is 5.08. The number of methoxy groups -OCH3 is 1. The molecule has 3 N–H and O–H groups in total. The number of aromatic hydroxyl groups is 1. The Bertz CT molecular complexity index is 1420. The van der Waals surface area contributed by atoms with Crippen LogP contribution < -0.4 is 11.2 Å². The van der Waals surface area contributed by atoms with Crippen molar-refractivity contribution >= 4 is 28.3 Å². The molecule has 3 aromatic heterocycles. The van der Waals surface area contributed by atoms with Crippen LogP contribution in [0.2, 0.25) is 0 Å². The molecule has 1 aromatic carbocycles. The summed E-state index contributed by atoms with van der Waals surface area (Å²) in [5.74, 6) is -0.919. The van der Waals surface area contributed by atoms with Crippen molar-refractivity contribution in [2.45, 2.75) is 13.8 Å². The highest BCUT2D eigenvalue weighted by Crippen LogP contribution is 2.47. The van der Waals surface area contributed by atoms with Crippen LogP contribution in [0.5, 0.6) is 5.75 Å². The summed E-state index contributed by atoms with van der Waals surface area (Å²) in [6, 6.07) is 7.61. The highest BCUT2D eigenvalue weighted by atomic mass is 32.1. The van der Waals surface area contributed by atoms with Crippen LogP contribution in [0.3, 0.4) is 0 Å². The van der Waals surface area contributed by atoms with E-state index in [1.54, 1.807) is 14.0 Å². The number of H-pyrrole nitrogens is 2. The summed E-state index contributed by atoms with van der Waals surface area (Å²) in [5.41, 5.74) is 2.05. The lowest BCUT2D eigenvalue weighted by atomic mass is 10.0. The molecule has 154 valence electrons. The summed E-state index contributed by atoms with van der Waals surface area (Å²) in [6.45, 7) is 3.65. The zero-order valence-electron chi connectivity index (χ0n) is 16.7. The van der Waals surface area contributed by atoms with E-state index in [0.29, 0.717) is 26.7 Å². The molecule has 0 spiro atoms. The molecule has 0 aliphatic rings. The Labute approximate surface area is 174 Å². The Hall–Kier alpha value is -3.59. The molecule has 30 heavy (non-hydrogen) atoms. The van der Waals surface area contributed by atoms with Crippen molar-refractivity contribution in [3.63, 3.8) is 0 Å². The number of ether oxygens (including phenoxy) is 1. The van der Waals surface area contributed by atoms with Crippen LogP contribution in [0, 0.1) is 13.8 Å². The summed E-state index contributed by atoms with van der Waals surface area (Å²) < 4.78 is 6.09. The number of nitrogens with one attached hydrogen (secondary N) is 2. The maximum Gasteiger partial charge on any atom is 0.342 e. The molecule has 9 heteroatoms. The minimum atomic E-state index is -0.662. The predicted molar refractivity (Wildman–Crippen MR) is 115 cm³/mol. The van der Waals surface area contributed by atoms with Gasteiger partial charge in [-0.25, -0.2) is 9.59 Å². The fourth-order valence-electron chi connectivity index (χ4n) is 3.51. The van der Waals surface area contributed by atoms with E-state index in [2.05, 4.69) is 9.97 Å². The molecule has 0 aliphatic carbocycles. The van der Waals surface area contributed by atoms with Crippen molar-refractivity contribution in [1.82, 2.24) is 14.5 Å². The quantitative estimate of drug-likeness (QED) is 0.436. The number of aromatic nitrogens is 3. The van der Waals surface area contributed by atoms with Gasteiger partial charge in [0.25, 0.3) is 5.56 Å². The summed E-state index contributed by atoms with van der Waals surface area (Å²) >= 11 is 1.18. The number of carbonyl (C=O) groups is 1. The Kier molecular flexibility index (Phi) is 4.62. The lowest BCUT2D eigenvalue weighted by molar-refractivity contribution is 0.0597. The molecule has 0 amide bonds. The number of hydrogen-bond acceptors (Lipinski definition) is 6. The highest BCUT2D eigenvalue weighted by Gasteiger charge is 2.28. The van der Waals surface area contributed by atoms with Crippen molar-refractivity contribution < 1.29 is 14.6 Å². The van der Waals surface area contributed by atoms with Gasteiger partial charge >= 0.3 is 11.7 Å². The number of esters is 1. The van der Waals surface area contributed by atoms with E-state index >= 15 is 0 Å². The van der Waals surface area contributed by atoms with Crippen LogP contribution >= 0.6 is 11.3 Å². The number of aromatic amines is 2. The van der Waals surface area contributed by atoms with E-state index in [0.717, 1.165) is 11.1 Å². The van der Waals surface area contributed by atoms with Gasteiger partial charge in [0.1, 0.15) is 17.0 Å². The zero-order valence-corrected chi connectivity index (χ0v) is 17.6. The van der Waals surface area contributed by atoms with Gasteiger partial charge in [0.15, 0.2) is 0 Å². The lowest BCUT2D eigenvalue weighted by Crippen LogP contribution is -2.28. The molecule has 0 atom stereocenters. The molecule has 0 fully saturated rings. The van der Waals surface area contributed by atoms with Crippen molar-refractivity contribution in [3.8, 4) is 27.4 Å². The second-order valence-corrected chi connectivity index (χ2v) is 8.21. The van der Waals surface area contributed by atoms with Crippen molar-refractivity contribution in [2.75, 3.05) is 7.11 Å². The number of aryl methyl sites for hydroxylation is 3. The van der Waals surface area contributed by atoms with E-state index < -0.39 is 17.2 Å². The number of benzene rings is 1. The second-order valence-electron chi connectivity index (χ2n) is 6.99. The van der Waals surface area contributed by atoms with E-state index in [-0.39, 0.29) is 16.7 Å². The normalized spacial score (nSPS) is 11.2. The standard InChI is InChI=1S/C21H19N3O5S/c1-9-5-7-11(8-6-9)15-13(14-18(22-15)24(3)21(28)23-19(14)26)17-16(25)12(10(2)30-17)20(27)29-4/h5-8,22,25H,1-4H3,(H,23,26,28). The fourth-order valence-corrected chi connectivity index (χ4v) is 4.61. The minimum absolute atomic E-state index is 0.0583. The first-order chi connectivity index (χ1) is 14.2. The fraction of sp³-hybridized carbons (Fsp3) is 0.190. The monoisotopic (exact) mass is 425 g/mol. The summed E-state index contributed by atoms with van der Waals surface area (Å²) in [6.07, 6.45) is 0. The average Bonchev–Trinajstić information content (AvgIpc) is 3.24. The Morgan fingerprint density at radius 2 is 1.80 bits per heavy atom. The Balaban J connectivity index is 2.16. The molecule has 0 unspecified atom stereocenters. The number of nitrogens with zero attached hydrogens (tertiary/aromatic N) is 1. The van der Waals surface area contributed by atoms with Crippen molar-refractivity contribution in [1.29, 1.82) is 0 Å². The first kappa shape index (κ1) is 19.7. The van der Waals surface area contributed by atoms with Gasteiger partial charge in [-0.15, -0.1) is 11.3 Å². The number of hydrogen-bond donors (Lipinski definition) is 3. The average molecular weight is 425 g/mol. The lowest BCUT2D eigenvalue weighted by Gasteiger charge is -2.05. The first-order valence-corrected chi connectivity index (χ1v) is 9.89. The Morgan fingerprint density at radius 1 is 1.13 bits per heavy atom. The molecule has 4 rings (SSSR count). The van der Waals surface area contributed by atoms with Crippen LogP contribution in [0.15, 0.2) is 33.9 Å². The molecular formula is C21H19N3O5S. The number of fused-ring (bicyclic) bond motifs is 1. The third kappa shape index (κ3) is 2.86. The molecule has 8 nitrogen and oxygen atoms in total. The van der Waals surface area contributed by atoms with Crippen LogP contribution in [0.1, 0.15) is 20.8 Å². The molecule has 0 aliphatic heterocycles. The minimum Gasteiger partial charge on any atom is -0.505 e. The van der Waals surface area contributed by atoms with E-state index in [4.69, 9.17) is 4.74 Å².